The van der Waals surface area contributed by atoms with Crippen LogP contribution < -0.4 is 0 Å². The van der Waals surface area contributed by atoms with Crippen LogP contribution in [0.15, 0.2) is 30.3 Å². The third-order valence-corrected chi connectivity index (χ3v) is 3.24. The van der Waals surface area contributed by atoms with Gasteiger partial charge in [-0.2, -0.15) is 0 Å². The van der Waals surface area contributed by atoms with Crippen LogP contribution in [0, 0.1) is 11.7 Å². The first kappa shape index (κ1) is 12.6. The number of carbonyl (C=O) groups is 1. The Bertz CT molecular complexity index is 434. The molecule has 0 aliphatic carbocycles. The molecule has 1 N–H and O–H groups in total. The van der Waals surface area contributed by atoms with Crippen LogP contribution in [-0.2, 0) is 0 Å². The van der Waals surface area contributed by atoms with Crippen molar-refractivity contribution in [1.82, 2.24) is 4.90 Å². The van der Waals surface area contributed by atoms with Crippen LogP contribution in [-0.4, -0.2) is 29.2 Å². The molecule has 0 spiro atoms. The largest absolute Gasteiger partial charge is 0.465 e. The zero-order valence-electron chi connectivity index (χ0n) is 10.1. The van der Waals surface area contributed by atoms with E-state index in [1.54, 1.807) is 12.1 Å². The maximum Gasteiger partial charge on any atom is 0.407 e. The van der Waals surface area contributed by atoms with E-state index < -0.39 is 6.09 Å². The summed E-state index contributed by atoms with van der Waals surface area (Å²) < 4.78 is 12.7. The Morgan fingerprint density at radius 3 is 2.44 bits per heavy atom. The summed E-state index contributed by atoms with van der Waals surface area (Å²) in [4.78, 5) is 12.2. The number of hydrogen-bond acceptors (Lipinski definition) is 1. The molecule has 0 atom stereocenters. The second-order valence-electron chi connectivity index (χ2n) is 4.52. The molecule has 0 aromatic heterocycles. The number of likely N-dealkylation sites (tertiary alicyclic amines) is 1. The van der Waals surface area contributed by atoms with Crippen molar-refractivity contribution in [3.63, 3.8) is 0 Å². The summed E-state index contributed by atoms with van der Waals surface area (Å²) in [7, 11) is 0. The summed E-state index contributed by atoms with van der Waals surface area (Å²) >= 11 is 0. The van der Waals surface area contributed by atoms with Crippen LogP contribution in [0.5, 0.6) is 0 Å². The second-order valence-corrected chi connectivity index (χ2v) is 4.52. The van der Waals surface area contributed by atoms with Gasteiger partial charge < -0.3 is 10.0 Å². The number of hydrogen-bond donors (Lipinski definition) is 1. The standard InChI is InChI=1S/C14H16FNO2/c15-13-5-3-11(4-6-13)1-2-12-7-9-16(10-8-12)14(17)18/h1-6,12H,7-10H2,(H,17,18)/b2-1+. The normalized spacial score (nSPS) is 17.3. The van der Waals surface area contributed by atoms with Crippen LogP contribution in [0.25, 0.3) is 6.08 Å². The number of benzene rings is 1. The lowest BCUT2D eigenvalue weighted by Crippen LogP contribution is -2.36. The Hall–Kier alpha value is -1.84. The van der Waals surface area contributed by atoms with Gasteiger partial charge in [0.1, 0.15) is 5.82 Å². The fourth-order valence-electron chi connectivity index (χ4n) is 2.10. The van der Waals surface area contributed by atoms with Crippen LogP contribution in [0.2, 0.25) is 0 Å². The Morgan fingerprint density at radius 1 is 1.28 bits per heavy atom. The molecule has 0 unspecified atom stereocenters. The summed E-state index contributed by atoms with van der Waals surface area (Å²) in [6, 6.07) is 6.34. The van der Waals surface area contributed by atoms with Crippen LogP contribution in [0.4, 0.5) is 9.18 Å². The van der Waals surface area contributed by atoms with Gasteiger partial charge in [0.15, 0.2) is 0 Å². The molecule has 0 radical (unpaired) electrons. The number of rotatable bonds is 2. The Balaban J connectivity index is 1.87. The fourth-order valence-corrected chi connectivity index (χ4v) is 2.10. The summed E-state index contributed by atoms with van der Waals surface area (Å²) in [6.07, 6.45) is 4.93. The number of piperidine rings is 1. The first-order valence-corrected chi connectivity index (χ1v) is 6.07. The molecule has 3 nitrogen and oxygen atoms in total. The van der Waals surface area contributed by atoms with Gasteiger partial charge in [-0.3, -0.25) is 0 Å². The number of carboxylic acid groups (broad SMARTS) is 1. The van der Waals surface area contributed by atoms with E-state index in [1.807, 2.05) is 6.08 Å². The molecule has 96 valence electrons. The van der Waals surface area contributed by atoms with Crippen molar-refractivity contribution in [3.8, 4) is 0 Å². The average molecular weight is 249 g/mol. The topological polar surface area (TPSA) is 40.5 Å². The van der Waals surface area contributed by atoms with Gasteiger partial charge in [0, 0.05) is 13.1 Å². The summed E-state index contributed by atoms with van der Waals surface area (Å²) in [6.45, 7) is 1.18. The number of amides is 1. The van der Waals surface area contributed by atoms with Crippen LogP contribution >= 0.6 is 0 Å². The first-order chi connectivity index (χ1) is 8.65. The zero-order valence-corrected chi connectivity index (χ0v) is 10.1. The van der Waals surface area contributed by atoms with E-state index in [0.717, 1.165) is 18.4 Å². The average Bonchev–Trinajstić information content (AvgIpc) is 2.38. The molecule has 4 heteroatoms. The highest BCUT2D eigenvalue weighted by Crippen LogP contribution is 2.19. The minimum Gasteiger partial charge on any atom is -0.465 e. The smallest absolute Gasteiger partial charge is 0.407 e. The lowest BCUT2D eigenvalue weighted by atomic mass is 9.96. The summed E-state index contributed by atoms with van der Waals surface area (Å²) in [5, 5.41) is 8.83. The van der Waals surface area contributed by atoms with Gasteiger partial charge in [-0.05, 0) is 36.5 Å². The van der Waals surface area contributed by atoms with Crippen molar-refractivity contribution in [1.29, 1.82) is 0 Å². The maximum atomic E-state index is 12.7. The van der Waals surface area contributed by atoms with E-state index in [0.29, 0.717) is 19.0 Å². The third-order valence-electron chi connectivity index (χ3n) is 3.24. The zero-order chi connectivity index (χ0) is 13.0. The Morgan fingerprint density at radius 2 is 1.89 bits per heavy atom. The van der Waals surface area contributed by atoms with Crippen molar-refractivity contribution in [2.45, 2.75) is 12.8 Å². The van der Waals surface area contributed by atoms with Crippen LogP contribution in [0.3, 0.4) is 0 Å². The molecule has 1 aromatic carbocycles. The van der Waals surface area contributed by atoms with Crippen molar-refractivity contribution in [2.75, 3.05) is 13.1 Å². The first-order valence-electron chi connectivity index (χ1n) is 6.07. The van der Waals surface area contributed by atoms with Gasteiger partial charge >= 0.3 is 6.09 Å². The van der Waals surface area contributed by atoms with E-state index in [-0.39, 0.29) is 5.82 Å². The summed E-state index contributed by atoms with van der Waals surface area (Å²) in [5.74, 6) is 0.174. The quantitative estimate of drug-likeness (QED) is 0.874. The Kier molecular flexibility index (Phi) is 3.97. The van der Waals surface area contributed by atoms with Crippen LogP contribution in [0.1, 0.15) is 18.4 Å². The molecule has 1 aromatic rings. The number of halogens is 1. The predicted molar refractivity (Wildman–Crippen MR) is 67.8 cm³/mol. The molecule has 0 bridgehead atoms. The Labute approximate surface area is 106 Å². The molecular weight excluding hydrogens is 233 g/mol. The van der Waals surface area contributed by atoms with E-state index in [2.05, 4.69) is 6.08 Å². The van der Waals surface area contributed by atoms with Gasteiger partial charge in [0.25, 0.3) is 0 Å². The summed E-state index contributed by atoms with van der Waals surface area (Å²) in [5.41, 5.74) is 0.970. The van der Waals surface area contributed by atoms with Gasteiger partial charge in [-0.25, -0.2) is 9.18 Å². The molecule has 1 amide bonds. The van der Waals surface area contributed by atoms with Gasteiger partial charge in [-0.15, -0.1) is 0 Å². The minimum absolute atomic E-state index is 0.234. The number of allylic oxidation sites excluding steroid dienone is 1. The molecule has 2 rings (SSSR count). The lowest BCUT2D eigenvalue weighted by molar-refractivity contribution is 0.129. The highest BCUT2D eigenvalue weighted by Gasteiger charge is 2.20. The molecule has 0 saturated carbocycles. The fraction of sp³-hybridized carbons (Fsp3) is 0.357. The molecule has 1 aliphatic heterocycles. The van der Waals surface area contributed by atoms with Crippen molar-refractivity contribution < 1.29 is 14.3 Å². The second kappa shape index (κ2) is 5.67. The molecule has 1 aliphatic rings. The highest BCUT2D eigenvalue weighted by molar-refractivity contribution is 5.65. The van der Waals surface area contributed by atoms with Crippen molar-refractivity contribution >= 4 is 12.2 Å². The van der Waals surface area contributed by atoms with Crippen molar-refractivity contribution in [3.05, 3.63) is 41.7 Å². The van der Waals surface area contributed by atoms with E-state index >= 15 is 0 Å². The molecule has 1 saturated heterocycles. The molecule has 18 heavy (non-hydrogen) atoms. The SMILES string of the molecule is O=C(O)N1CCC(/C=C/c2ccc(F)cc2)CC1. The van der Waals surface area contributed by atoms with Gasteiger partial charge in [0.2, 0.25) is 0 Å². The van der Waals surface area contributed by atoms with Gasteiger partial charge in [0.05, 0.1) is 0 Å². The molecule has 1 heterocycles. The molecule has 1 fully saturated rings. The van der Waals surface area contributed by atoms with E-state index in [4.69, 9.17) is 5.11 Å². The van der Waals surface area contributed by atoms with E-state index in [1.165, 1.54) is 17.0 Å². The monoisotopic (exact) mass is 249 g/mol. The molecular formula is C14H16FNO2. The predicted octanol–water partition coefficient (Wildman–Crippen LogP) is 3.23. The third kappa shape index (κ3) is 3.32. The van der Waals surface area contributed by atoms with E-state index in [9.17, 15) is 9.18 Å². The number of nitrogens with zero attached hydrogens (tertiary/aromatic N) is 1. The lowest BCUT2D eigenvalue weighted by Gasteiger charge is -2.28. The maximum absolute atomic E-state index is 12.7. The van der Waals surface area contributed by atoms with Crippen molar-refractivity contribution in [2.24, 2.45) is 5.92 Å². The minimum atomic E-state index is -0.837. The van der Waals surface area contributed by atoms with Gasteiger partial charge in [-0.1, -0.05) is 24.3 Å². The highest BCUT2D eigenvalue weighted by atomic mass is 19.1.